The number of nitrogens with zero attached hydrogens (tertiary/aromatic N) is 1. The number of halogens is 2. The standard InChI is InChI=1S/C18H18BrClN2O4/c1-3-25-16-9-12(8-15(19)18(16)24-2)10-21-26-11-17(23)22-14-6-4-13(20)5-7-14/h4-10H,3,11H2,1-2H3,(H,22,23). The number of carbonyl (C=O) groups excluding carboxylic acids is 1. The van der Waals surface area contributed by atoms with Crippen molar-refractivity contribution in [3.63, 3.8) is 0 Å². The van der Waals surface area contributed by atoms with E-state index in [1.54, 1.807) is 37.4 Å². The molecule has 2 aromatic carbocycles. The molecule has 0 saturated carbocycles. The van der Waals surface area contributed by atoms with Gasteiger partial charge < -0.3 is 19.6 Å². The quantitative estimate of drug-likeness (QED) is 0.484. The molecule has 1 amide bonds. The van der Waals surface area contributed by atoms with E-state index in [1.165, 1.54) is 6.21 Å². The van der Waals surface area contributed by atoms with E-state index >= 15 is 0 Å². The maximum Gasteiger partial charge on any atom is 0.265 e. The van der Waals surface area contributed by atoms with Gasteiger partial charge in [-0.1, -0.05) is 16.8 Å². The number of methoxy groups -OCH3 is 1. The SMILES string of the molecule is CCOc1cc(C=NOCC(=O)Nc2ccc(Cl)cc2)cc(Br)c1OC. The Morgan fingerprint density at radius 1 is 1.31 bits per heavy atom. The predicted octanol–water partition coefficient (Wildman–Crippen LogP) is 4.50. The van der Waals surface area contributed by atoms with Gasteiger partial charge in [-0.3, -0.25) is 4.79 Å². The van der Waals surface area contributed by atoms with Crippen LogP contribution in [0.3, 0.4) is 0 Å². The predicted molar refractivity (Wildman–Crippen MR) is 105 cm³/mol. The lowest BCUT2D eigenvalue weighted by atomic mass is 10.2. The lowest BCUT2D eigenvalue weighted by Crippen LogP contribution is -2.16. The van der Waals surface area contributed by atoms with Crippen LogP contribution in [0.1, 0.15) is 12.5 Å². The highest BCUT2D eigenvalue weighted by molar-refractivity contribution is 9.10. The van der Waals surface area contributed by atoms with Crippen molar-refractivity contribution in [3.05, 3.63) is 51.5 Å². The lowest BCUT2D eigenvalue weighted by Gasteiger charge is -2.11. The van der Waals surface area contributed by atoms with Gasteiger partial charge in [-0.2, -0.15) is 0 Å². The normalized spacial score (nSPS) is 10.6. The number of amides is 1. The minimum absolute atomic E-state index is 0.214. The van der Waals surface area contributed by atoms with Gasteiger partial charge >= 0.3 is 0 Å². The summed E-state index contributed by atoms with van der Waals surface area (Å²) in [6.07, 6.45) is 1.49. The maximum atomic E-state index is 11.8. The van der Waals surface area contributed by atoms with Crippen molar-refractivity contribution in [2.24, 2.45) is 5.16 Å². The monoisotopic (exact) mass is 440 g/mol. The number of anilines is 1. The first-order valence-corrected chi connectivity index (χ1v) is 8.91. The first-order chi connectivity index (χ1) is 12.5. The van der Waals surface area contributed by atoms with E-state index in [0.717, 1.165) is 10.0 Å². The van der Waals surface area contributed by atoms with Crippen LogP contribution in [0.4, 0.5) is 5.69 Å². The first-order valence-electron chi connectivity index (χ1n) is 7.74. The molecule has 26 heavy (non-hydrogen) atoms. The topological polar surface area (TPSA) is 69.2 Å². The van der Waals surface area contributed by atoms with Gasteiger partial charge in [0.05, 0.1) is 24.4 Å². The summed E-state index contributed by atoms with van der Waals surface area (Å²) >= 11 is 9.21. The Morgan fingerprint density at radius 2 is 2.04 bits per heavy atom. The third-order valence-electron chi connectivity index (χ3n) is 3.14. The second-order valence-corrected chi connectivity index (χ2v) is 6.32. The van der Waals surface area contributed by atoms with E-state index in [9.17, 15) is 4.79 Å². The number of ether oxygens (including phenoxy) is 2. The van der Waals surface area contributed by atoms with Gasteiger partial charge in [0, 0.05) is 16.3 Å². The van der Waals surface area contributed by atoms with Crippen LogP contribution in [0.15, 0.2) is 46.0 Å². The molecule has 0 spiro atoms. The van der Waals surface area contributed by atoms with Gasteiger partial charge in [0.15, 0.2) is 18.1 Å². The molecule has 0 atom stereocenters. The van der Waals surface area contributed by atoms with Crippen LogP contribution in [0, 0.1) is 0 Å². The summed E-state index contributed by atoms with van der Waals surface area (Å²) in [4.78, 5) is 16.8. The summed E-state index contributed by atoms with van der Waals surface area (Å²) in [5, 5.41) is 7.09. The van der Waals surface area contributed by atoms with Crippen LogP contribution < -0.4 is 14.8 Å². The van der Waals surface area contributed by atoms with E-state index in [-0.39, 0.29) is 12.5 Å². The molecule has 0 aliphatic heterocycles. The van der Waals surface area contributed by atoms with Gasteiger partial charge in [-0.05, 0) is 59.3 Å². The van der Waals surface area contributed by atoms with Crippen molar-refractivity contribution in [2.45, 2.75) is 6.92 Å². The van der Waals surface area contributed by atoms with Gasteiger partial charge in [0.1, 0.15) is 0 Å². The Kier molecular flexibility index (Phi) is 7.74. The van der Waals surface area contributed by atoms with E-state index in [0.29, 0.717) is 28.8 Å². The van der Waals surface area contributed by atoms with Gasteiger partial charge in [0.25, 0.3) is 5.91 Å². The van der Waals surface area contributed by atoms with Crippen molar-refractivity contribution in [2.75, 3.05) is 25.6 Å². The second kappa shape index (κ2) is 10.0. The van der Waals surface area contributed by atoms with Crippen molar-refractivity contribution in [1.29, 1.82) is 0 Å². The molecular weight excluding hydrogens is 424 g/mol. The lowest BCUT2D eigenvalue weighted by molar-refractivity contribution is -0.120. The number of nitrogens with one attached hydrogen (secondary N) is 1. The molecule has 0 aliphatic carbocycles. The smallest absolute Gasteiger partial charge is 0.265 e. The number of hydrogen-bond acceptors (Lipinski definition) is 5. The van der Waals surface area contributed by atoms with E-state index in [1.807, 2.05) is 13.0 Å². The molecule has 0 fully saturated rings. The van der Waals surface area contributed by atoms with Crippen molar-refractivity contribution in [3.8, 4) is 11.5 Å². The van der Waals surface area contributed by atoms with Crippen molar-refractivity contribution in [1.82, 2.24) is 0 Å². The fourth-order valence-corrected chi connectivity index (χ4v) is 2.80. The van der Waals surface area contributed by atoms with Crippen LogP contribution in [0.5, 0.6) is 11.5 Å². The Balaban J connectivity index is 1.91. The number of hydrogen-bond donors (Lipinski definition) is 1. The van der Waals surface area contributed by atoms with Gasteiger partial charge in [-0.15, -0.1) is 0 Å². The Hall–Kier alpha value is -2.25. The molecule has 8 heteroatoms. The molecular formula is C18H18BrClN2O4. The zero-order valence-corrected chi connectivity index (χ0v) is 16.6. The molecule has 0 unspecified atom stereocenters. The maximum absolute atomic E-state index is 11.8. The highest BCUT2D eigenvalue weighted by atomic mass is 79.9. The Bertz CT molecular complexity index is 782. The van der Waals surface area contributed by atoms with Crippen LogP contribution in [0.25, 0.3) is 0 Å². The van der Waals surface area contributed by atoms with Crippen molar-refractivity contribution < 1.29 is 19.1 Å². The third kappa shape index (κ3) is 5.93. The minimum Gasteiger partial charge on any atom is -0.492 e. The van der Waals surface area contributed by atoms with Gasteiger partial charge in [0.2, 0.25) is 0 Å². The molecule has 1 N–H and O–H groups in total. The Morgan fingerprint density at radius 3 is 2.69 bits per heavy atom. The highest BCUT2D eigenvalue weighted by Crippen LogP contribution is 2.36. The molecule has 0 bridgehead atoms. The van der Waals surface area contributed by atoms with Crippen LogP contribution in [-0.4, -0.2) is 32.4 Å². The van der Waals surface area contributed by atoms with Crippen LogP contribution in [0.2, 0.25) is 5.02 Å². The van der Waals surface area contributed by atoms with E-state index < -0.39 is 0 Å². The number of rotatable bonds is 8. The summed E-state index contributed by atoms with van der Waals surface area (Å²) in [6, 6.07) is 10.4. The molecule has 0 aromatic heterocycles. The van der Waals surface area contributed by atoms with E-state index in [4.69, 9.17) is 25.9 Å². The largest absolute Gasteiger partial charge is 0.492 e. The average molecular weight is 442 g/mol. The first kappa shape index (κ1) is 20.1. The Labute approximate surface area is 165 Å². The van der Waals surface area contributed by atoms with Crippen LogP contribution >= 0.6 is 27.5 Å². The second-order valence-electron chi connectivity index (χ2n) is 5.03. The minimum atomic E-state index is -0.324. The molecule has 138 valence electrons. The summed E-state index contributed by atoms with van der Waals surface area (Å²) in [5.41, 5.74) is 1.37. The molecule has 0 aliphatic rings. The summed E-state index contributed by atoms with van der Waals surface area (Å²) in [7, 11) is 1.57. The summed E-state index contributed by atoms with van der Waals surface area (Å²) < 4.78 is 11.6. The number of oxime groups is 1. The van der Waals surface area contributed by atoms with E-state index in [2.05, 4.69) is 26.4 Å². The fourth-order valence-electron chi connectivity index (χ4n) is 2.05. The van der Waals surface area contributed by atoms with Crippen LogP contribution in [-0.2, 0) is 9.63 Å². The zero-order chi connectivity index (χ0) is 18.9. The third-order valence-corrected chi connectivity index (χ3v) is 3.98. The fraction of sp³-hybridized carbons (Fsp3) is 0.222. The van der Waals surface area contributed by atoms with Crippen molar-refractivity contribution >= 4 is 45.3 Å². The number of benzene rings is 2. The molecule has 2 aromatic rings. The van der Waals surface area contributed by atoms with Gasteiger partial charge in [-0.25, -0.2) is 0 Å². The number of carbonyl (C=O) groups is 1. The summed E-state index contributed by atoms with van der Waals surface area (Å²) in [6.45, 7) is 2.18. The molecule has 2 rings (SSSR count). The molecule has 6 nitrogen and oxygen atoms in total. The molecule has 0 saturated heterocycles. The molecule has 0 heterocycles. The summed E-state index contributed by atoms with van der Waals surface area (Å²) in [5.74, 6) is 0.869. The zero-order valence-electron chi connectivity index (χ0n) is 14.3. The average Bonchev–Trinajstić information content (AvgIpc) is 2.61. The highest BCUT2D eigenvalue weighted by Gasteiger charge is 2.10. The molecule has 0 radical (unpaired) electrons.